The minimum atomic E-state index is -2.92. The SMILES string of the molecule is CN(N)c1c(N)cc(Br)cc1OC(F)F. The van der Waals surface area contributed by atoms with Crippen molar-refractivity contribution in [3.8, 4) is 5.75 Å². The topological polar surface area (TPSA) is 64.5 Å². The molecule has 4 nitrogen and oxygen atoms in total. The summed E-state index contributed by atoms with van der Waals surface area (Å²) in [6.07, 6.45) is 0. The Bertz CT molecular complexity index is 360. The van der Waals surface area contributed by atoms with Gasteiger partial charge in [0, 0.05) is 11.5 Å². The number of halogens is 3. The van der Waals surface area contributed by atoms with Crippen molar-refractivity contribution >= 4 is 27.3 Å². The first-order valence-electron chi connectivity index (χ1n) is 3.94. The lowest BCUT2D eigenvalue weighted by Gasteiger charge is -2.19. The number of alkyl halides is 2. The molecule has 0 saturated carbocycles. The van der Waals surface area contributed by atoms with Gasteiger partial charge in [0.05, 0.1) is 5.69 Å². The summed E-state index contributed by atoms with van der Waals surface area (Å²) < 4.78 is 29.0. The van der Waals surface area contributed by atoms with Crippen LogP contribution in [0.4, 0.5) is 20.2 Å². The normalized spacial score (nSPS) is 10.5. The summed E-state index contributed by atoms with van der Waals surface area (Å²) in [6.45, 7) is -2.92. The fourth-order valence-electron chi connectivity index (χ4n) is 1.16. The van der Waals surface area contributed by atoms with Crippen LogP contribution in [0.2, 0.25) is 0 Å². The van der Waals surface area contributed by atoms with Gasteiger partial charge in [0.1, 0.15) is 5.69 Å². The van der Waals surface area contributed by atoms with Crippen LogP contribution < -0.4 is 21.3 Å². The van der Waals surface area contributed by atoms with Crippen LogP contribution >= 0.6 is 15.9 Å². The zero-order valence-corrected chi connectivity index (χ0v) is 9.46. The average Bonchev–Trinajstić information content (AvgIpc) is 1.99. The van der Waals surface area contributed by atoms with Crippen LogP contribution in [0.5, 0.6) is 5.75 Å². The monoisotopic (exact) mass is 281 g/mol. The van der Waals surface area contributed by atoms with Gasteiger partial charge in [-0.15, -0.1) is 0 Å². The number of hydrogen-bond acceptors (Lipinski definition) is 4. The third-order valence-electron chi connectivity index (χ3n) is 1.64. The summed E-state index contributed by atoms with van der Waals surface area (Å²) >= 11 is 3.12. The molecule has 1 aromatic rings. The van der Waals surface area contributed by atoms with Crippen LogP contribution in [0.1, 0.15) is 0 Å². The maximum absolute atomic E-state index is 12.1. The van der Waals surface area contributed by atoms with Gasteiger partial charge in [-0.1, -0.05) is 15.9 Å². The van der Waals surface area contributed by atoms with Gasteiger partial charge in [-0.3, -0.25) is 0 Å². The maximum atomic E-state index is 12.1. The van der Waals surface area contributed by atoms with E-state index in [1.54, 1.807) is 6.07 Å². The number of nitrogen functional groups attached to an aromatic ring is 1. The highest BCUT2D eigenvalue weighted by Gasteiger charge is 2.15. The Hall–Kier alpha value is -1.08. The number of hydrogen-bond donors (Lipinski definition) is 2. The van der Waals surface area contributed by atoms with E-state index in [9.17, 15) is 8.78 Å². The highest BCUT2D eigenvalue weighted by Crippen LogP contribution is 2.36. The molecule has 0 bridgehead atoms. The Morgan fingerprint density at radius 3 is 2.53 bits per heavy atom. The predicted octanol–water partition coefficient (Wildman–Crippen LogP) is 1.94. The molecule has 1 aromatic carbocycles. The average molecular weight is 282 g/mol. The van der Waals surface area contributed by atoms with Gasteiger partial charge in [0.2, 0.25) is 0 Å². The molecule has 0 saturated heterocycles. The number of benzene rings is 1. The molecule has 0 atom stereocenters. The minimum Gasteiger partial charge on any atom is -0.432 e. The quantitative estimate of drug-likeness (QED) is 0.505. The van der Waals surface area contributed by atoms with Gasteiger partial charge in [0.25, 0.3) is 0 Å². The van der Waals surface area contributed by atoms with E-state index in [-0.39, 0.29) is 17.1 Å². The van der Waals surface area contributed by atoms with Gasteiger partial charge in [-0.05, 0) is 12.1 Å². The van der Waals surface area contributed by atoms with Crippen molar-refractivity contribution in [1.29, 1.82) is 0 Å². The number of nitrogens with two attached hydrogens (primary N) is 2. The Kier molecular flexibility index (Phi) is 3.70. The molecule has 0 radical (unpaired) electrons. The first-order chi connectivity index (χ1) is 6.91. The Balaban J connectivity index is 3.20. The second-order valence-corrected chi connectivity index (χ2v) is 3.75. The summed E-state index contributed by atoms with van der Waals surface area (Å²) in [6, 6.07) is 2.93. The molecular formula is C8H10BrF2N3O. The summed E-state index contributed by atoms with van der Waals surface area (Å²) in [5.74, 6) is 5.39. The highest BCUT2D eigenvalue weighted by atomic mass is 79.9. The predicted molar refractivity (Wildman–Crippen MR) is 57.8 cm³/mol. The largest absolute Gasteiger partial charge is 0.432 e. The molecule has 0 spiro atoms. The molecule has 0 aromatic heterocycles. The van der Waals surface area contributed by atoms with Crippen LogP contribution in [0.15, 0.2) is 16.6 Å². The van der Waals surface area contributed by atoms with Gasteiger partial charge in [-0.2, -0.15) is 8.78 Å². The van der Waals surface area contributed by atoms with Gasteiger partial charge in [0.15, 0.2) is 5.75 Å². The van der Waals surface area contributed by atoms with E-state index < -0.39 is 6.61 Å². The van der Waals surface area contributed by atoms with E-state index in [1.807, 2.05) is 0 Å². The van der Waals surface area contributed by atoms with Crippen molar-refractivity contribution in [2.75, 3.05) is 17.8 Å². The third kappa shape index (κ3) is 2.93. The maximum Gasteiger partial charge on any atom is 0.387 e. The fourth-order valence-corrected chi connectivity index (χ4v) is 1.61. The first-order valence-corrected chi connectivity index (χ1v) is 4.73. The number of nitrogens with zero attached hydrogens (tertiary/aromatic N) is 1. The van der Waals surface area contributed by atoms with Crippen molar-refractivity contribution in [3.05, 3.63) is 16.6 Å². The lowest BCUT2D eigenvalue weighted by molar-refractivity contribution is -0.0494. The second kappa shape index (κ2) is 4.63. The number of ether oxygens (including phenoxy) is 1. The standard InChI is InChI=1S/C8H10BrF2N3O/c1-14(13)7-5(12)2-4(9)3-6(7)15-8(10)11/h2-3,8H,12-13H2,1H3. The number of hydrazine groups is 1. The summed E-state index contributed by atoms with van der Waals surface area (Å²) in [7, 11) is 1.48. The molecular weight excluding hydrogens is 272 g/mol. The minimum absolute atomic E-state index is 0.0677. The molecule has 0 fully saturated rings. The van der Waals surface area contributed by atoms with Gasteiger partial charge < -0.3 is 15.5 Å². The Morgan fingerprint density at radius 1 is 1.47 bits per heavy atom. The summed E-state index contributed by atoms with van der Waals surface area (Å²) in [5, 5.41) is 1.12. The lowest BCUT2D eigenvalue weighted by atomic mass is 10.2. The highest BCUT2D eigenvalue weighted by molar-refractivity contribution is 9.10. The fraction of sp³-hybridized carbons (Fsp3) is 0.250. The van der Waals surface area contributed by atoms with Crippen LogP contribution in [0, 0.1) is 0 Å². The van der Waals surface area contributed by atoms with Crippen molar-refractivity contribution in [3.63, 3.8) is 0 Å². The van der Waals surface area contributed by atoms with E-state index >= 15 is 0 Å². The zero-order valence-electron chi connectivity index (χ0n) is 7.88. The van der Waals surface area contributed by atoms with Crippen molar-refractivity contribution in [2.45, 2.75) is 6.61 Å². The van der Waals surface area contributed by atoms with E-state index in [0.29, 0.717) is 4.47 Å². The molecule has 0 aliphatic rings. The van der Waals surface area contributed by atoms with Crippen LogP contribution in [-0.2, 0) is 0 Å². The molecule has 0 heterocycles. The summed E-state index contributed by atoms with van der Waals surface area (Å²) in [4.78, 5) is 0. The molecule has 0 aliphatic heterocycles. The molecule has 84 valence electrons. The molecule has 0 unspecified atom stereocenters. The van der Waals surface area contributed by atoms with Crippen molar-refractivity contribution in [1.82, 2.24) is 0 Å². The zero-order chi connectivity index (χ0) is 11.6. The number of rotatable bonds is 3. The van der Waals surface area contributed by atoms with E-state index in [4.69, 9.17) is 11.6 Å². The molecule has 1 rings (SSSR count). The van der Waals surface area contributed by atoms with Crippen LogP contribution in [0.3, 0.4) is 0 Å². The van der Waals surface area contributed by atoms with Crippen molar-refractivity contribution in [2.24, 2.45) is 5.84 Å². The van der Waals surface area contributed by atoms with Gasteiger partial charge in [-0.25, -0.2) is 5.84 Å². The second-order valence-electron chi connectivity index (χ2n) is 2.83. The molecule has 0 amide bonds. The lowest BCUT2D eigenvalue weighted by Crippen LogP contribution is -2.27. The van der Waals surface area contributed by atoms with Crippen LogP contribution in [0.25, 0.3) is 0 Å². The molecule has 0 aliphatic carbocycles. The van der Waals surface area contributed by atoms with Gasteiger partial charge >= 0.3 is 6.61 Å². The Morgan fingerprint density at radius 2 is 2.07 bits per heavy atom. The summed E-state index contributed by atoms with van der Waals surface area (Å²) in [5.41, 5.74) is 6.10. The molecule has 4 N–H and O–H groups in total. The van der Waals surface area contributed by atoms with E-state index in [0.717, 1.165) is 5.01 Å². The van der Waals surface area contributed by atoms with E-state index in [2.05, 4.69) is 20.7 Å². The third-order valence-corrected chi connectivity index (χ3v) is 2.10. The number of anilines is 2. The van der Waals surface area contributed by atoms with Crippen LogP contribution in [-0.4, -0.2) is 13.7 Å². The van der Waals surface area contributed by atoms with E-state index in [1.165, 1.54) is 13.1 Å². The van der Waals surface area contributed by atoms with Crippen molar-refractivity contribution < 1.29 is 13.5 Å². The Labute approximate surface area is 93.9 Å². The molecule has 15 heavy (non-hydrogen) atoms. The smallest absolute Gasteiger partial charge is 0.387 e. The molecule has 7 heteroatoms. The first kappa shape index (κ1) is 12.0.